The topological polar surface area (TPSA) is 41.3 Å². The molecule has 2 unspecified atom stereocenters. The molecular weight excluding hydrogens is 238 g/mol. The minimum absolute atomic E-state index is 0.307. The third-order valence-corrected chi connectivity index (χ3v) is 4.85. The number of nitrogens with zero attached hydrogens (tertiary/aromatic N) is 3. The Labute approximate surface area is 115 Å². The van der Waals surface area contributed by atoms with Crippen LogP contribution in [-0.2, 0) is 19.4 Å². The maximum Gasteiger partial charge on any atom is 0.110 e. The van der Waals surface area contributed by atoms with Crippen LogP contribution in [0, 0.1) is 5.92 Å². The van der Waals surface area contributed by atoms with Crippen molar-refractivity contribution in [3.8, 4) is 0 Å². The van der Waals surface area contributed by atoms with Crippen LogP contribution in [0.2, 0.25) is 0 Å². The summed E-state index contributed by atoms with van der Waals surface area (Å²) < 4.78 is 2.37. The van der Waals surface area contributed by atoms with Crippen LogP contribution < -0.4 is 0 Å². The molecule has 1 saturated heterocycles. The fraction of sp³-hybridized carbons (Fsp3) is 0.800. The number of hydrogen-bond donors (Lipinski definition) is 1. The summed E-state index contributed by atoms with van der Waals surface area (Å²) in [5.74, 6) is 1.66. The minimum atomic E-state index is 0.307. The molecular formula is C15H25N3O. The molecule has 0 bridgehead atoms. The van der Waals surface area contributed by atoms with Crippen molar-refractivity contribution in [1.82, 2.24) is 14.5 Å². The second kappa shape index (κ2) is 5.63. The molecule has 3 heterocycles. The number of aryl methyl sites for hydroxylation is 1. The Morgan fingerprint density at radius 3 is 3.11 bits per heavy atom. The van der Waals surface area contributed by atoms with Crippen molar-refractivity contribution in [3.05, 3.63) is 17.7 Å². The maximum absolute atomic E-state index is 9.37. The lowest BCUT2D eigenvalue weighted by Gasteiger charge is -2.26. The zero-order valence-corrected chi connectivity index (χ0v) is 11.9. The van der Waals surface area contributed by atoms with E-state index in [9.17, 15) is 5.11 Å². The van der Waals surface area contributed by atoms with Gasteiger partial charge in [0.25, 0.3) is 0 Å². The zero-order valence-electron chi connectivity index (χ0n) is 11.9. The minimum Gasteiger partial charge on any atom is -0.396 e. The first-order valence-electron chi connectivity index (χ1n) is 7.70. The Hall–Kier alpha value is -0.870. The van der Waals surface area contributed by atoms with Gasteiger partial charge in [-0.2, -0.15) is 0 Å². The van der Waals surface area contributed by atoms with Crippen molar-refractivity contribution >= 4 is 0 Å². The SMILES string of the molecule is CCN1CCCC1Cc1ncc2n1CC(CO)CC2. The van der Waals surface area contributed by atoms with Gasteiger partial charge in [-0.05, 0) is 38.8 Å². The third kappa shape index (κ3) is 2.56. The van der Waals surface area contributed by atoms with Gasteiger partial charge in [0.05, 0.1) is 0 Å². The van der Waals surface area contributed by atoms with Gasteiger partial charge in [-0.15, -0.1) is 0 Å². The molecule has 2 aliphatic rings. The number of likely N-dealkylation sites (N-methyl/N-ethyl adjacent to an activating group) is 1. The van der Waals surface area contributed by atoms with Gasteiger partial charge in [0.15, 0.2) is 0 Å². The lowest BCUT2D eigenvalue weighted by Crippen LogP contribution is -2.32. The van der Waals surface area contributed by atoms with E-state index < -0.39 is 0 Å². The summed E-state index contributed by atoms with van der Waals surface area (Å²) in [5.41, 5.74) is 1.36. The first-order valence-corrected chi connectivity index (χ1v) is 7.70. The zero-order chi connectivity index (χ0) is 13.2. The van der Waals surface area contributed by atoms with Crippen molar-refractivity contribution in [2.75, 3.05) is 19.7 Å². The average molecular weight is 263 g/mol. The number of hydrogen-bond acceptors (Lipinski definition) is 3. The quantitative estimate of drug-likeness (QED) is 0.894. The van der Waals surface area contributed by atoms with E-state index in [0.717, 1.165) is 32.4 Å². The molecule has 1 aromatic heterocycles. The Morgan fingerprint density at radius 2 is 2.32 bits per heavy atom. The highest BCUT2D eigenvalue weighted by Crippen LogP contribution is 2.25. The van der Waals surface area contributed by atoms with E-state index >= 15 is 0 Å². The van der Waals surface area contributed by atoms with Crippen molar-refractivity contribution in [1.29, 1.82) is 0 Å². The van der Waals surface area contributed by atoms with Crippen LogP contribution in [0.3, 0.4) is 0 Å². The van der Waals surface area contributed by atoms with E-state index in [1.807, 2.05) is 6.20 Å². The number of likely N-dealkylation sites (tertiary alicyclic amines) is 1. The second-order valence-corrected chi connectivity index (χ2v) is 5.99. The molecule has 19 heavy (non-hydrogen) atoms. The number of rotatable bonds is 4. The predicted molar refractivity (Wildman–Crippen MR) is 75.1 cm³/mol. The molecule has 106 valence electrons. The van der Waals surface area contributed by atoms with E-state index in [4.69, 9.17) is 0 Å². The number of fused-ring (bicyclic) bond motifs is 1. The van der Waals surface area contributed by atoms with Crippen LogP contribution in [-0.4, -0.2) is 45.3 Å². The molecule has 2 aliphatic heterocycles. The van der Waals surface area contributed by atoms with Gasteiger partial charge in [-0.1, -0.05) is 6.92 Å². The Bertz CT molecular complexity index is 429. The number of aromatic nitrogens is 2. The lowest BCUT2D eigenvalue weighted by atomic mass is 9.99. The summed E-state index contributed by atoms with van der Waals surface area (Å²) in [4.78, 5) is 7.23. The number of imidazole rings is 1. The molecule has 3 rings (SSSR count). The van der Waals surface area contributed by atoms with Gasteiger partial charge < -0.3 is 14.6 Å². The van der Waals surface area contributed by atoms with Gasteiger partial charge in [-0.3, -0.25) is 0 Å². The molecule has 0 radical (unpaired) electrons. The molecule has 2 atom stereocenters. The molecule has 1 N–H and O–H groups in total. The summed E-state index contributed by atoms with van der Waals surface area (Å²) in [6.07, 6.45) is 7.93. The van der Waals surface area contributed by atoms with Crippen molar-refractivity contribution in [3.63, 3.8) is 0 Å². The van der Waals surface area contributed by atoms with Gasteiger partial charge in [0.2, 0.25) is 0 Å². The summed E-state index contributed by atoms with van der Waals surface area (Å²) in [6.45, 7) is 5.91. The fourth-order valence-electron chi connectivity index (χ4n) is 3.64. The summed E-state index contributed by atoms with van der Waals surface area (Å²) in [5, 5.41) is 9.37. The molecule has 0 spiro atoms. The van der Waals surface area contributed by atoms with Gasteiger partial charge in [-0.25, -0.2) is 4.98 Å². The number of aliphatic hydroxyl groups is 1. The average Bonchev–Trinajstić information content (AvgIpc) is 3.06. The van der Waals surface area contributed by atoms with Crippen LogP contribution in [0.15, 0.2) is 6.20 Å². The largest absolute Gasteiger partial charge is 0.396 e. The fourth-order valence-corrected chi connectivity index (χ4v) is 3.64. The number of aliphatic hydroxyl groups excluding tert-OH is 1. The molecule has 0 aromatic carbocycles. The highest BCUT2D eigenvalue weighted by atomic mass is 16.3. The standard InChI is InChI=1S/C15H25N3O/c1-2-17-7-3-4-13(17)8-15-16-9-14-6-5-12(11-19)10-18(14)15/h9,12-13,19H,2-8,10-11H2,1H3. The molecule has 1 aromatic rings. The lowest BCUT2D eigenvalue weighted by molar-refractivity contribution is 0.189. The second-order valence-electron chi connectivity index (χ2n) is 5.99. The molecule has 1 fully saturated rings. The highest BCUT2D eigenvalue weighted by molar-refractivity contribution is 5.10. The molecule has 0 amide bonds. The molecule has 0 aliphatic carbocycles. The van der Waals surface area contributed by atoms with Crippen LogP contribution in [0.4, 0.5) is 0 Å². The van der Waals surface area contributed by atoms with Crippen LogP contribution in [0.5, 0.6) is 0 Å². The van der Waals surface area contributed by atoms with Crippen LogP contribution >= 0.6 is 0 Å². The summed E-state index contributed by atoms with van der Waals surface area (Å²) in [7, 11) is 0. The Kier molecular flexibility index (Phi) is 3.89. The highest BCUT2D eigenvalue weighted by Gasteiger charge is 2.27. The Balaban J connectivity index is 1.73. The van der Waals surface area contributed by atoms with Gasteiger partial charge in [0.1, 0.15) is 5.82 Å². The van der Waals surface area contributed by atoms with E-state index in [-0.39, 0.29) is 0 Å². The van der Waals surface area contributed by atoms with Crippen molar-refractivity contribution in [2.24, 2.45) is 5.92 Å². The summed E-state index contributed by atoms with van der Waals surface area (Å²) >= 11 is 0. The predicted octanol–water partition coefficient (Wildman–Crippen LogP) is 1.46. The van der Waals surface area contributed by atoms with Crippen LogP contribution in [0.25, 0.3) is 0 Å². The normalized spacial score (nSPS) is 27.7. The Morgan fingerprint density at radius 1 is 1.42 bits per heavy atom. The molecule has 4 heteroatoms. The smallest absolute Gasteiger partial charge is 0.110 e. The third-order valence-electron chi connectivity index (χ3n) is 4.85. The monoisotopic (exact) mass is 263 g/mol. The molecule has 4 nitrogen and oxygen atoms in total. The van der Waals surface area contributed by atoms with E-state index in [1.165, 1.54) is 30.9 Å². The first kappa shape index (κ1) is 13.1. The molecule has 0 saturated carbocycles. The van der Waals surface area contributed by atoms with E-state index in [1.54, 1.807) is 0 Å². The van der Waals surface area contributed by atoms with E-state index in [2.05, 4.69) is 21.4 Å². The maximum atomic E-state index is 9.37. The first-order chi connectivity index (χ1) is 9.31. The van der Waals surface area contributed by atoms with Gasteiger partial charge in [0, 0.05) is 43.4 Å². The van der Waals surface area contributed by atoms with Gasteiger partial charge >= 0.3 is 0 Å². The van der Waals surface area contributed by atoms with Crippen LogP contribution in [0.1, 0.15) is 37.7 Å². The summed E-state index contributed by atoms with van der Waals surface area (Å²) in [6, 6.07) is 0.672. The van der Waals surface area contributed by atoms with Crippen molar-refractivity contribution in [2.45, 2.75) is 51.6 Å². The van der Waals surface area contributed by atoms with E-state index in [0.29, 0.717) is 18.6 Å². The van der Waals surface area contributed by atoms with Crippen molar-refractivity contribution < 1.29 is 5.11 Å².